The Bertz CT molecular complexity index is 1730. The molecule has 6 N–H and O–H groups in total. The minimum atomic E-state index is -0.980. The van der Waals surface area contributed by atoms with Gasteiger partial charge >= 0.3 is 5.97 Å². The van der Waals surface area contributed by atoms with Crippen LogP contribution in [0, 0.1) is 0 Å². The van der Waals surface area contributed by atoms with Gasteiger partial charge in [-0.05, 0) is 60.4 Å². The Morgan fingerprint density at radius 1 is 0.796 bits per heavy atom. The van der Waals surface area contributed by atoms with E-state index in [1.165, 1.54) is 11.8 Å². The molecule has 49 heavy (non-hydrogen) atoms. The van der Waals surface area contributed by atoms with Crippen molar-refractivity contribution in [1.29, 1.82) is 0 Å². The van der Waals surface area contributed by atoms with Crippen LogP contribution in [-0.2, 0) is 25.7 Å². The lowest BCUT2D eigenvalue weighted by Crippen LogP contribution is -2.31. The van der Waals surface area contributed by atoms with E-state index in [-0.39, 0.29) is 36.2 Å². The molecular weight excluding hydrogens is 642 g/mol. The molecule has 2 amide bonds. The molecule has 10 nitrogen and oxygen atoms in total. The number of unbranched alkanes of at least 4 members (excludes halogenated alkanes) is 2. The minimum absolute atomic E-state index is 0.0554. The Labute approximate surface area is 290 Å². The molecule has 1 aliphatic heterocycles. The number of benzene rings is 4. The minimum Gasteiger partial charge on any atom is -0.478 e. The molecule has 1 fully saturated rings. The Hall–Kier alpha value is -4.68. The van der Waals surface area contributed by atoms with Gasteiger partial charge in [-0.1, -0.05) is 67.1 Å². The summed E-state index contributed by atoms with van der Waals surface area (Å²) in [5.74, 6) is -0.709. The zero-order chi connectivity index (χ0) is 34.6. The number of aliphatic hydroxyl groups excluding tert-OH is 1. The summed E-state index contributed by atoms with van der Waals surface area (Å²) in [6, 6.07) is 29.0. The van der Waals surface area contributed by atoms with E-state index in [4.69, 9.17) is 15.2 Å². The lowest BCUT2D eigenvalue weighted by atomic mass is 10.0. The second-order valence-electron chi connectivity index (χ2n) is 11.8. The van der Waals surface area contributed by atoms with E-state index in [1.807, 2.05) is 66.7 Å². The number of amides is 2. The van der Waals surface area contributed by atoms with Crippen molar-refractivity contribution in [3.05, 3.63) is 119 Å². The normalized spacial score (nSPS) is 17.3. The summed E-state index contributed by atoms with van der Waals surface area (Å²) in [6.45, 7) is -0.0554. The zero-order valence-electron chi connectivity index (χ0n) is 27.0. The third-order valence-corrected chi connectivity index (χ3v) is 9.35. The van der Waals surface area contributed by atoms with Gasteiger partial charge in [0.25, 0.3) is 0 Å². The van der Waals surface area contributed by atoms with Crippen LogP contribution in [0.25, 0.3) is 0 Å². The molecule has 0 aromatic heterocycles. The second kappa shape index (κ2) is 17.6. The van der Waals surface area contributed by atoms with E-state index in [2.05, 4.69) is 10.6 Å². The summed E-state index contributed by atoms with van der Waals surface area (Å²) >= 11 is 1.43. The van der Waals surface area contributed by atoms with Crippen LogP contribution in [0.4, 0.5) is 17.1 Å². The van der Waals surface area contributed by atoms with E-state index >= 15 is 0 Å². The lowest BCUT2D eigenvalue weighted by molar-refractivity contribution is -0.245. The summed E-state index contributed by atoms with van der Waals surface area (Å²) in [4.78, 5) is 37.5. The number of nitrogens with one attached hydrogen (secondary N) is 2. The third kappa shape index (κ3) is 10.4. The van der Waals surface area contributed by atoms with Crippen LogP contribution in [-0.4, -0.2) is 39.9 Å². The Kier molecular flexibility index (Phi) is 12.8. The molecule has 1 aliphatic rings. The maximum absolute atomic E-state index is 12.8. The van der Waals surface area contributed by atoms with Gasteiger partial charge in [0.15, 0.2) is 6.29 Å². The van der Waals surface area contributed by atoms with Crippen molar-refractivity contribution in [3.8, 4) is 0 Å². The molecule has 0 saturated carbocycles. The molecule has 1 saturated heterocycles. The fraction of sp³-hybridized carbons (Fsp3) is 0.289. The van der Waals surface area contributed by atoms with Crippen molar-refractivity contribution in [1.82, 2.24) is 0 Å². The van der Waals surface area contributed by atoms with E-state index < -0.39 is 12.3 Å². The van der Waals surface area contributed by atoms with E-state index in [0.29, 0.717) is 59.8 Å². The van der Waals surface area contributed by atoms with Gasteiger partial charge in [-0.25, -0.2) is 4.79 Å². The van der Waals surface area contributed by atoms with Crippen LogP contribution in [0.15, 0.2) is 102 Å². The van der Waals surface area contributed by atoms with Gasteiger partial charge in [-0.2, -0.15) is 0 Å². The number of aliphatic hydroxyl groups is 1. The zero-order valence-corrected chi connectivity index (χ0v) is 27.9. The SMILES string of the molecule is Nc1ccccc1NC(=O)CCCCCC(=O)Nc1cccc([C@@H]2O[C@H](CSc3ccccc3C(=O)O)C[C@H](c3ccc(CO)cc3)O2)c1. The van der Waals surface area contributed by atoms with Crippen molar-refractivity contribution >= 4 is 46.6 Å². The number of hydrogen-bond acceptors (Lipinski definition) is 8. The first-order chi connectivity index (χ1) is 23.8. The average Bonchev–Trinajstić information content (AvgIpc) is 3.11. The first kappa shape index (κ1) is 35.6. The predicted octanol–water partition coefficient (Wildman–Crippen LogP) is 7.32. The highest BCUT2D eigenvalue weighted by Gasteiger charge is 2.32. The number of hydrogen-bond donors (Lipinski definition) is 5. The van der Waals surface area contributed by atoms with E-state index in [9.17, 15) is 24.6 Å². The molecule has 4 aromatic rings. The van der Waals surface area contributed by atoms with Crippen LogP contribution in [0.5, 0.6) is 0 Å². The largest absolute Gasteiger partial charge is 0.478 e. The monoisotopic (exact) mass is 683 g/mol. The number of para-hydroxylation sites is 2. The molecule has 0 bridgehead atoms. The number of carbonyl (C=O) groups is 3. The smallest absolute Gasteiger partial charge is 0.336 e. The van der Waals surface area contributed by atoms with Gasteiger partial charge in [-0.15, -0.1) is 11.8 Å². The van der Waals surface area contributed by atoms with Crippen molar-refractivity contribution in [2.45, 2.75) is 68.5 Å². The molecule has 4 aromatic carbocycles. The number of thioether (sulfide) groups is 1. The number of nitrogen functional groups attached to an aromatic ring is 1. The van der Waals surface area contributed by atoms with E-state index in [1.54, 1.807) is 30.3 Å². The van der Waals surface area contributed by atoms with Crippen LogP contribution >= 0.6 is 11.8 Å². The van der Waals surface area contributed by atoms with Gasteiger partial charge < -0.3 is 36.1 Å². The van der Waals surface area contributed by atoms with Gasteiger partial charge in [0.05, 0.1) is 35.8 Å². The number of carboxylic acid groups (broad SMARTS) is 1. The quantitative estimate of drug-likeness (QED) is 0.0491. The lowest BCUT2D eigenvalue weighted by Gasteiger charge is -2.36. The highest BCUT2D eigenvalue weighted by molar-refractivity contribution is 7.99. The number of carboxylic acids is 1. The third-order valence-electron chi connectivity index (χ3n) is 8.14. The molecule has 256 valence electrons. The Morgan fingerprint density at radius 2 is 1.51 bits per heavy atom. The molecule has 0 aliphatic carbocycles. The molecule has 11 heteroatoms. The maximum atomic E-state index is 12.8. The fourth-order valence-corrected chi connectivity index (χ4v) is 6.60. The van der Waals surface area contributed by atoms with Gasteiger partial charge in [-0.3, -0.25) is 9.59 Å². The molecule has 0 radical (unpaired) electrons. The van der Waals surface area contributed by atoms with Crippen molar-refractivity contribution in [2.24, 2.45) is 0 Å². The van der Waals surface area contributed by atoms with Crippen LogP contribution in [0.1, 0.15) is 78.0 Å². The number of nitrogens with two attached hydrogens (primary N) is 1. The van der Waals surface area contributed by atoms with Crippen molar-refractivity contribution < 1.29 is 34.1 Å². The summed E-state index contributed by atoms with van der Waals surface area (Å²) in [5, 5.41) is 24.9. The first-order valence-electron chi connectivity index (χ1n) is 16.3. The number of carbonyl (C=O) groups excluding carboxylic acids is 2. The topological polar surface area (TPSA) is 160 Å². The van der Waals surface area contributed by atoms with Crippen LogP contribution in [0.3, 0.4) is 0 Å². The molecule has 5 rings (SSSR count). The first-order valence-corrected chi connectivity index (χ1v) is 17.3. The Morgan fingerprint density at radius 3 is 2.24 bits per heavy atom. The molecular formula is C38H41N3O7S. The standard InChI is InChI=1S/C38H41N3O7S/c39-31-12-5-6-13-32(31)41-36(44)16-3-1-2-15-35(43)40-28-10-8-9-27(21-28)38-47-29(24-49-34-14-7-4-11-30(34)37(45)46)22-33(48-38)26-19-17-25(23-42)18-20-26/h4-14,17-21,29,33,38,42H,1-3,15-16,22-24,39H2,(H,40,43)(H,41,44)(H,45,46)/t29-,33+,38+/m0/s1. The molecule has 0 unspecified atom stereocenters. The van der Waals surface area contributed by atoms with Crippen LogP contribution in [0.2, 0.25) is 0 Å². The average molecular weight is 684 g/mol. The predicted molar refractivity (Wildman–Crippen MR) is 190 cm³/mol. The molecule has 3 atom stereocenters. The number of ether oxygens (including phenoxy) is 2. The number of rotatable bonds is 15. The van der Waals surface area contributed by atoms with Crippen molar-refractivity contribution in [2.75, 3.05) is 22.1 Å². The van der Waals surface area contributed by atoms with Gasteiger partial charge in [0.1, 0.15) is 0 Å². The van der Waals surface area contributed by atoms with E-state index in [0.717, 1.165) is 23.1 Å². The number of anilines is 3. The summed E-state index contributed by atoms with van der Waals surface area (Å²) < 4.78 is 12.9. The fourth-order valence-electron chi connectivity index (χ4n) is 5.53. The maximum Gasteiger partial charge on any atom is 0.336 e. The van der Waals surface area contributed by atoms with Gasteiger partial charge in [0.2, 0.25) is 11.8 Å². The van der Waals surface area contributed by atoms with Gasteiger partial charge in [0, 0.05) is 41.2 Å². The van der Waals surface area contributed by atoms with Crippen LogP contribution < -0.4 is 16.4 Å². The summed E-state index contributed by atoms with van der Waals surface area (Å²) in [6.07, 6.45) is 1.93. The second-order valence-corrected chi connectivity index (χ2v) is 12.9. The molecule has 0 spiro atoms. The summed E-state index contributed by atoms with van der Waals surface area (Å²) in [5.41, 5.74) is 10.3. The Balaban J connectivity index is 1.17. The molecule has 1 heterocycles. The highest BCUT2D eigenvalue weighted by atomic mass is 32.2. The highest BCUT2D eigenvalue weighted by Crippen LogP contribution is 2.40. The number of aromatic carboxylic acids is 1. The van der Waals surface area contributed by atoms with Crippen molar-refractivity contribution in [3.63, 3.8) is 0 Å². The summed E-state index contributed by atoms with van der Waals surface area (Å²) in [7, 11) is 0.